The van der Waals surface area contributed by atoms with E-state index in [-0.39, 0.29) is 17.4 Å². The summed E-state index contributed by atoms with van der Waals surface area (Å²) in [5.41, 5.74) is 5.05. The molecule has 0 fully saturated rings. The van der Waals surface area contributed by atoms with Gasteiger partial charge >= 0.3 is 0 Å². The van der Waals surface area contributed by atoms with Gasteiger partial charge in [-0.1, -0.05) is 47.7 Å². The molecule has 1 amide bonds. The minimum atomic E-state index is -0.291. The molecule has 0 atom stereocenters. The first kappa shape index (κ1) is 21.4. The number of nitrogens with zero attached hydrogens (tertiary/aromatic N) is 4. The molecule has 156 valence electrons. The summed E-state index contributed by atoms with van der Waals surface area (Å²) in [6.45, 7) is 4.73. The molecule has 0 aliphatic heterocycles. The first-order valence-electron chi connectivity index (χ1n) is 9.34. The van der Waals surface area contributed by atoms with Crippen molar-refractivity contribution in [3.8, 4) is 22.9 Å². The predicted molar refractivity (Wildman–Crippen MR) is 117 cm³/mol. The van der Waals surface area contributed by atoms with Gasteiger partial charge in [0.15, 0.2) is 22.5 Å². The Kier molecular flexibility index (Phi) is 7.08. The minimum Gasteiger partial charge on any atom is -0.504 e. The summed E-state index contributed by atoms with van der Waals surface area (Å²) in [7, 11) is 1.47. The van der Waals surface area contributed by atoms with Gasteiger partial charge in [-0.2, -0.15) is 5.10 Å². The molecule has 2 N–H and O–H groups in total. The zero-order chi connectivity index (χ0) is 21.5. The van der Waals surface area contributed by atoms with Gasteiger partial charge in [0.05, 0.1) is 19.1 Å². The van der Waals surface area contributed by atoms with Crippen LogP contribution in [0.1, 0.15) is 18.1 Å². The first-order chi connectivity index (χ1) is 14.5. The van der Waals surface area contributed by atoms with Crippen molar-refractivity contribution in [1.29, 1.82) is 0 Å². The van der Waals surface area contributed by atoms with E-state index in [4.69, 9.17) is 4.74 Å². The highest BCUT2D eigenvalue weighted by Gasteiger charge is 2.14. The number of phenols is 1. The number of phenolic OH excluding ortho intramolecular Hbond substituents is 1. The molecular formula is C21H23N5O3S. The fourth-order valence-electron chi connectivity index (χ4n) is 2.74. The Morgan fingerprint density at radius 1 is 1.27 bits per heavy atom. The fraction of sp³-hybridized carbons (Fsp3) is 0.238. The van der Waals surface area contributed by atoms with E-state index in [1.54, 1.807) is 18.2 Å². The van der Waals surface area contributed by atoms with E-state index in [0.29, 0.717) is 23.0 Å². The Labute approximate surface area is 179 Å². The molecule has 0 saturated heterocycles. The Bertz CT molecular complexity index is 1050. The Hall–Kier alpha value is -3.33. The van der Waals surface area contributed by atoms with Crippen molar-refractivity contribution >= 4 is 23.9 Å². The molecule has 0 radical (unpaired) electrons. The minimum absolute atomic E-state index is 0.0351. The average Bonchev–Trinajstić information content (AvgIpc) is 3.17. The van der Waals surface area contributed by atoms with Crippen LogP contribution in [-0.4, -0.2) is 44.9 Å². The van der Waals surface area contributed by atoms with Gasteiger partial charge in [0.25, 0.3) is 5.91 Å². The van der Waals surface area contributed by atoms with Crippen LogP contribution in [0.5, 0.6) is 11.5 Å². The van der Waals surface area contributed by atoms with Gasteiger partial charge in [-0.15, -0.1) is 10.2 Å². The number of carbonyl (C=O) groups excluding carboxylic acids is 1. The second-order valence-corrected chi connectivity index (χ2v) is 7.34. The Morgan fingerprint density at radius 2 is 2.03 bits per heavy atom. The topological polar surface area (TPSA) is 102 Å². The Balaban J connectivity index is 1.60. The van der Waals surface area contributed by atoms with Gasteiger partial charge in [0.2, 0.25) is 0 Å². The molecule has 0 bridgehead atoms. The third-order valence-electron chi connectivity index (χ3n) is 4.32. The highest BCUT2D eigenvalue weighted by molar-refractivity contribution is 7.99. The molecule has 1 aromatic heterocycles. The lowest BCUT2D eigenvalue weighted by Crippen LogP contribution is -2.20. The number of nitrogens with one attached hydrogen (secondary N) is 1. The third kappa shape index (κ3) is 4.98. The molecule has 30 heavy (non-hydrogen) atoms. The number of methoxy groups -OCH3 is 1. The monoisotopic (exact) mass is 425 g/mol. The maximum absolute atomic E-state index is 12.1. The van der Waals surface area contributed by atoms with E-state index >= 15 is 0 Å². The highest BCUT2D eigenvalue weighted by atomic mass is 32.2. The van der Waals surface area contributed by atoms with Crippen LogP contribution in [0.4, 0.5) is 0 Å². The zero-order valence-corrected chi connectivity index (χ0v) is 17.8. The van der Waals surface area contributed by atoms with Crippen LogP contribution in [0.3, 0.4) is 0 Å². The third-order valence-corrected chi connectivity index (χ3v) is 5.28. The van der Waals surface area contributed by atoms with Crippen LogP contribution in [0.25, 0.3) is 11.4 Å². The number of hydrazone groups is 1. The molecule has 0 unspecified atom stereocenters. The summed E-state index contributed by atoms with van der Waals surface area (Å²) in [6, 6.07) is 13.1. The number of ether oxygens (including phenoxy) is 1. The summed E-state index contributed by atoms with van der Waals surface area (Å²) in [5, 5.41) is 23.1. The first-order valence-corrected chi connectivity index (χ1v) is 10.3. The van der Waals surface area contributed by atoms with E-state index in [1.165, 1.54) is 30.6 Å². The highest BCUT2D eigenvalue weighted by Crippen LogP contribution is 2.28. The smallest absolute Gasteiger partial charge is 0.250 e. The van der Waals surface area contributed by atoms with Crippen molar-refractivity contribution in [2.75, 3.05) is 12.9 Å². The van der Waals surface area contributed by atoms with E-state index in [1.807, 2.05) is 42.7 Å². The number of amides is 1. The van der Waals surface area contributed by atoms with Gasteiger partial charge in [-0.25, -0.2) is 5.43 Å². The van der Waals surface area contributed by atoms with Crippen LogP contribution in [0.15, 0.2) is 52.7 Å². The lowest BCUT2D eigenvalue weighted by atomic mass is 10.1. The number of rotatable bonds is 8. The number of aryl methyl sites for hydroxylation is 1. The lowest BCUT2D eigenvalue weighted by molar-refractivity contribution is -0.118. The van der Waals surface area contributed by atoms with E-state index in [0.717, 1.165) is 11.4 Å². The van der Waals surface area contributed by atoms with Gasteiger partial charge in [0.1, 0.15) is 0 Å². The van der Waals surface area contributed by atoms with E-state index < -0.39 is 0 Å². The predicted octanol–water partition coefficient (Wildman–Crippen LogP) is 3.23. The van der Waals surface area contributed by atoms with E-state index in [9.17, 15) is 9.90 Å². The fourth-order valence-corrected chi connectivity index (χ4v) is 3.54. The summed E-state index contributed by atoms with van der Waals surface area (Å²) in [6.07, 6.45) is 1.37. The van der Waals surface area contributed by atoms with Gasteiger partial charge in [-0.3, -0.25) is 4.79 Å². The molecule has 3 rings (SSSR count). The summed E-state index contributed by atoms with van der Waals surface area (Å²) in [4.78, 5) is 12.1. The quantitative estimate of drug-likeness (QED) is 0.326. The molecule has 8 nitrogen and oxygen atoms in total. The number of aromatic hydroxyl groups is 1. The maximum atomic E-state index is 12.1. The van der Waals surface area contributed by atoms with Gasteiger partial charge in [0, 0.05) is 17.7 Å². The van der Waals surface area contributed by atoms with Crippen molar-refractivity contribution < 1.29 is 14.6 Å². The lowest BCUT2D eigenvalue weighted by Gasteiger charge is -2.07. The standard InChI is InChI=1S/C21H23N5O3S/c1-4-26-20(15-10-8-14(2)9-11-15)24-25-21(26)30-13-18(27)23-22-12-16-6-5-7-17(29-3)19(16)28/h5-12,28H,4,13H2,1-3H3,(H,23,27). The molecule has 0 spiro atoms. The van der Waals surface area contributed by atoms with Crippen LogP contribution in [0.2, 0.25) is 0 Å². The second kappa shape index (κ2) is 9.93. The number of aromatic nitrogens is 3. The Morgan fingerprint density at radius 3 is 2.73 bits per heavy atom. The average molecular weight is 426 g/mol. The molecule has 0 aliphatic carbocycles. The van der Waals surface area contributed by atoms with Crippen molar-refractivity contribution in [1.82, 2.24) is 20.2 Å². The number of hydrogen-bond acceptors (Lipinski definition) is 7. The van der Waals surface area contributed by atoms with Crippen LogP contribution >= 0.6 is 11.8 Å². The molecule has 9 heteroatoms. The number of thioether (sulfide) groups is 1. The zero-order valence-electron chi connectivity index (χ0n) is 17.0. The molecule has 1 heterocycles. The van der Waals surface area contributed by atoms with Crippen molar-refractivity contribution in [2.45, 2.75) is 25.5 Å². The molecule has 2 aromatic carbocycles. The normalized spacial score (nSPS) is 11.0. The number of hydrogen-bond donors (Lipinski definition) is 2. The summed E-state index contributed by atoms with van der Waals surface area (Å²) in [5.74, 6) is 0.914. The van der Waals surface area contributed by atoms with Crippen LogP contribution in [0, 0.1) is 6.92 Å². The van der Waals surface area contributed by atoms with Crippen LogP contribution < -0.4 is 10.2 Å². The van der Waals surface area contributed by atoms with Gasteiger partial charge in [-0.05, 0) is 26.0 Å². The van der Waals surface area contributed by atoms with Gasteiger partial charge < -0.3 is 14.4 Å². The van der Waals surface area contributed by atoms with Crippen molar-refractivity contribution in [3.63, 3.8) is 0 Å². The number of carbonyl (C=O) groups is 1. The molecule has 0 saturated carbocycles. The number of para-hydroxylation sites is 1. The SMILES string of the molecule is CCn1c(SCC(=O)NN=Cc2cccc(OC)c2O)nnc1-c1ccc(C)cc1. The largest absolute Gasteiger partial charge is 0.504 e. The molecule has 0 aliphatic rings. The van der Waals surface area contributed by atoms with Crippen LogP contribution in [-0.2, 0) is 11.3 Å². The maximum Gasteiger partial charge on any atom is 0.250 e. The van der Waals surface area contributed by atoms with Crippen molar-refractivity contribution in [2.24, 2.45) is 5.10 Å². The number of benzene rings is 2. The molecular weight excluding hydrogens is 402 g/mol. The van der Waals surface area contributed by atoms with E-state index in [2.05, 4.69) is 20.7 Å². The molecule has 3 aromatic rings. The van der Waals surface area contributed by atoms with Crippen molar-refractivity contribution in [3.05, 3.63) is 53.6 Å². The summed E-state index contributed by atoms with van der Waals surface area (Å²) >= 11 is 1.29. The second-order valence-electron chi connectivity index (χ2n) is 6.40. The summed E-state index contributed by atoms with van der Waals surface area (Å²) < 4.78 is 7.02.